The number of benzene rings is 1. The summed E-state index contributed by atoms with van der Waals surface area (Å²) in [7, 11) is 0. The zero-order valence-electron chi connectivity index (χ0n) is 14.9. The third-order valence-corrected chi connectivity index (χ3v) is 6.12. The Morgan fingerprint density at radius 3 is 2.81 bits per heavy atom. The summed E-state index contributed by atoms with van der Waals surface area (Å²) in [6.07, 6.45) is 4.05. The van der Waals surface area contributed by atoms with Crippen LogP contribution in [0.4, 0.5) is 9.18 Å². The van der Waals surface area contributed by atoms with Crippen LogP contribution in [0.15, 0.2) is 36.4 Å². The summed E-state index contributed by atoms with van der Waals surface area (Å²) in [6.45, 7) is 0.604. The molecule has 0 aliphatic carbocycles. The number of rotatable bonds is 11. The Balaban J connectivity index is 1.76. The number of carbonyl (C=O) groups is 2. The van der Waals surface area contributed by atoms with E-state index in [1.807, 2.05) is 6.08 Å². The lowest BCUT2D eigenvalue weighted by Crippen LogP contribution is -2.34. The molecule has 148 valence electrons. The molecule has 0 bridgehead atoms. The van der Waals surface area contributed by atoms with Crippen molar-refractivity contribution in [3.63, 3.8) is 0 Å². The predicted octanol–water partition coefficient (Wildman–Crippen LogP) is 3.42. The van der Waals surface area contributed by atoms with Crippen LogP contribution in [0.3, 0.4) is 0 Å². The number of carbonyl (C=O) groups excluding carboxylic acids is 1. The standard InChI is InChI=1S/C19H24FNO4S2/c20-15-5-3-14(4-6-15)12-17(22)8-7-16-13-27-19(25)21(16)9-11-26-10-1-2-18(23)24/h3-8,16-17,22H,1-2,9-13H2,(H,23,24)/b8-7+/t16-,17+/m0/s1. The summed E-state index contributed by atoms with van der Waals surface area (Å²) in [6, 6.07) is 5.98. The fraction of sp³-hybridized carbons (Fsp3) is 0.474. The normalized spacial score (nSPS) is 18.4. The molecule has 1 aromatic carbocycles. The molecule has 0 spiro atoms. The van der Waals surface area contributed by atoms with E-state index in [-0.39, 0.29) is 23.5 Å². The molecule has 1 heterocycles. The van der Waals surface area contributed by atoms with Gasteiger partial charge in [0, 0.05) is 30.9 Å². The van der Waals surface area contributed by atoms with E-state index in [9.17, 15) is 19.1 Å². The first-order valence-electron chi connectivity index (χ1n) is 8.79. The molecule has 27 heavy (non-hydrogen) atoms. The Kier molecular flexibility index (Phi) is 9.17. The van der Waals surface area contributed by atoms with E-state index in [2.05, 4.69) is 0 Å². The fourth-order valence-electron chi connectivity index (χ4n) is 2.66. The van der Waals surface area contributed by atoms with Crippen LogP contribution in [0.1, 0.15) is 18.4 Å². The van der Waals surface area contributed by atoms with Gasteiger partial charge in [-0.25, -0.2) is 4.39 Å². The van der Waals surface area contributed by atoms with Crippen LogP contribution in [0.2, 0.25) is 0 Å². The zero-order valence-corrected chi connectivity index (χ0v) is 16.6. The summed E-state index contributed by atoms with van der Waals surface area (Å²) >= 11 is 2.91. The Morgan fingerprint density at radius 2 is 2.11 bits per heavy atom. The first-order valence-corrected chi connectivity index (χ1v) is 10.9. The van der Waals surface area contributed by atoms with E-state index in [1.165, 1.54) is 23.9 Å². The van der Waals surface area contributed by atoms with E-state index >= 15 is 0 Å². The summed E-state index contributed by atoms with van der Waals surface area (Å²) in [4.78, 5) is 24.3. The third kappa shape index (κ3) is 7.94. The number of carboxylic acid groups (broad SMARTS) is 1. The third-order valence-electron chi connectivity index (χ3n) is 4.08. The highest BCUT2D eigenvalue weighted by Gasteiger charge is 2.29. The van der Waals surface area contributed by atoms with Gasteiger partial charge in [-0.2, -0.15) is 11.8 Å². The van der Waals surface area contributed by atoms with Gasteiger partial charge in [-0.1, -0.05) is 36.0 Å². The lowest BCUT2D eigenvalue weighted by molar-refractivity contribution is -0.137. The van der Waals surface area contributed by atoms with Gasteiger partial charge in [0.25, 0.3) is 5.24 Å². The zero-order chi connectivity index (χ0) is 19.6. The number of nitrogens with zero attached hydrogens (tertiary/aromatic N) is 1. The van der Waals surface area contributed by atoms with Crippen molar-refractivity contribution in [1.82, 2.24) is 4.90 Å². The molecule has 1 aliphatic rings. The summed E-state index contributed by atoms with van der Waals surface area (Å²) in [5.41, 5.74) is 0.847. The van der Waals surface area contributed by atoms with E-state index in [4.69, 9.17) is 5.11 Å². The number of aliphatic carboxylic acids is 1. The van der Waals surface area contributed by atoms with Gasteiger partial charge in [-0.15, -0.1) is 0 Å². The van der Waals surface area contributed by atoms with Crippen LogP contribution < -0.4 is 0 Å². The lowest BCUT2D eigenvalue weighted by Gasteiger charge is -2.21. The molecule has 2 N–H and O–H groups in total. The SMILES string of the molecule is O=C(O)CCCSCCN1C(=O)SC[C@@H]1/C=C/[C@@H](O)Cc1ccc(F)cc1. The van der Waals surface area contributed by atoms with Gasteiger partial charge in [0.15, 0.2) is 0 Å². The van der Waals surface area contributed by atoms with Gasteiger partial charge in [-0.05, 0) is 29.9 Å². The van der Waals surface area contributed by atoms with Crippen LogP contribution in [0, 0.1) is 5.82 Å². The number of aliphatic hydroxyl groups excluding tert-OH is 1. The summed E-state index contributed by atoms with van der Waals surface area (Å²) < 4.78 is 12.9. The minimum absolute atomic E-state index is 0.0313. The van der Waals surface area contributed by atoms with Crippen LogP contribution in [0.25, 0.3) is 0 Å². The molecule has 1 aromatic rings. The van der Waals surface area contributed by atoms with Gasteiger partial charge < -0.3 is 15.1 Å². The maximum absolute atomic E-state index is 12.9. The largest absolute Gasteiger partial charge is 0.481 e. The number of amides is 1. The minimum Gasteiger partial charge on any atom is -0.481 e. The lowest BCUT2D eigenvalue weighted by atomic mass is 10.1. The molecule has 1 saturated heterocycles. The van der Waals surface area contributed by atoms with Crippen LogP contribution in [0.5, 0.6) is 0 Å². The van der Waals surface area contributed by atoms with Crippen molar-refractivity contribution >= 4 is 34.7 Å². The molecule has 1 aliphatic heterocycles. The van der Waals surface area contributed by atoms with Crippen molar-refractivity contribution in [2.45, 2.75) is 31.4 Å². The molecule has 2 rings (SSSR count). The van der Waals surface area contributed by atoms with Crippen molar-refractivity contribution in [3.05, 3.63) is 47.8 Å². The van der Waals surface area contributed by atoms with Crippen LogP contribution >= 0.6 is 23.5 Å². The maximum Gasteiger partial charge on any atom is 0.303 e. The van der Waals surface area contributed by atoms with Crippen molar-refractivity contribution in [1.29, 1.82) is 0 Å². The summed E-state index contributed by atoms with van der Waals surface area (Å²) in [5.74, 6) is 1.09. The van der Waals surface area contributed by atoms with E-state index in [1.54, 1.807) is 34.9 Å². The summed E-state index contributed by atoms with van der Waals surface area (Å²) in [5, 5.41) is 18.8. The monoisotopic (exact) mass is 413 g/mol. The first kappa shape index (κ1) is 21.8. The molecule has 1 amide bonds. The molecule has 0 unspecified atom stereocenters. The second-order valence-corrected chi connectivity index (χ2v) is 8.43. The maximum atomic E-state index is 12.9. The molecule has 2 atom stereocenters. The van der Waals surface area contributed by atoms with E-state index in [0.717, 1.165) is 17.1 Å². The minimum atomic E-state index is -0.786. The molecule has 5 nitrogen and oxygen atoms in total. The Morgan fingerprint density at radius 1 is 1.37 bits per heavy atom. The van der Waals surface area contributed by atoms with Crippen molar-refractivity contribution in [3.8, 4) is 0 Å². The first-order chi connectivity index (χ1) is 13.0. The van der Waals surface area contributed by atoms with Crippen molar-refractivity contribution in [2.75, 3.05) is 23.8 Å². The number of hydrogen-bond acceptors (Lipinski definition) is 5. The van der Waals surface area contributed by atoms with E-state index < -0.39 is 12.1 Å². The van der Waals surface area contributed by atoms with Crippen LogP contribution in [-0.4, -0.2) is 62.3 Å². The fourth-order valence-corrected chi connectivity index (χ4v) is 4.53. The number of aliphatic hydroxyl groups is 1. The second-order valence-electron chi connectivity index (χ2n) is 6.23. The Labute approximate surface area is 167 Å². The number of thioether (sulfide) groups is 2. The molecule has 8 heteroatoms. The number of carboxylic acids is 1. The molecule has 0 aromatic heterocycles. The van der Waals surface area contributed by atoms with Gasteiger partial charge in [0.1, 0.15) is 5.82 Å². The van der Waals surface area contributed by atoms with Gasteiger partial charge >= 0.3 is 5.97 Å². The highest BCUT2D eigenvalue weighted by Crippen LogP contribution is 2.25. The van der Waals surface area contributed by atoms with Crippen molar-refractivity contribution < 1.29 is 24.2 Å². The van der Waals surface area contributed by atoms with Gasteiger partial charge in [0.2, 0.25) is 0 Å². The number of halogens is 1. The highest BCUT2D eigenvalue weighted by molar-refractivity contribution is 8.13. The van der Waals surface area contributed by atoms with Gasteiger partial charge in [0.05, 0.1) is 12.1 Å². The average Bonchev–Trinajstić information content (AvgIpc) is 2.98. The average molecular weight is 414 g/mol. The topological polar surface area (TPSA) is 77.8 Å². The highest BCUT2D eigenvalue weighted by atomic mass is 32.2. The predicted molar refractivity (Wildman–Crippen MR) is 108 cm³/mol. The molecular formula is C19H24FNO4S2. The second kappa shape index (κ2) is 11.4. The van der Waals surface area contributed by atoms with Gasteiger partial charge in [-0.3, -0.25) is 9.59 Å². The Hall–Kier alpha value is -1.51. The molecule has 0 saturated carbocycles. The quantitative estimate of drug-likeness (QED) is 0.428. The van der Waals surface area contributed by atoms with Crippen LogP contribution in [-0.2, 0) is 11.2 Å². The molecule has 1 fully saturated rings. The molecule has 0 radical (unpaired) electrons. The number of hydrogen-bond donors (Lipinski definition) is 2. The smallest absolute Gasteiger partial charge is 0.303 e. The van der Waals surface area contributed by atoms with E-state index in [0.29, 0.717) is 25.1 Å². The molecular weight excluding hydrogens is 389 g/mol. The Bertz CT molecular complexity index is 654. The van der Waals surface area contributed by atoms with Crippen molar-refractivity contribution in [2.24, 2.45) is 0 Å².